The number of nitro benzene ring substituents is 1. The zero-order chi connectivity index (χ0) is 19.5. The lowest BCUT2D eigenvalue weighted by atomic mass is 10.0. The average molecular weight is 370 g/mol. The molecule has 0 saturated heterocycles. The first-order chi connectivity index (χ1) is 13.6. The van der Waals surface area contributed by atoms with Crippen LogP contribution in [0.25, 0.3) is 22.2 Å². The van der Waals surface area contributed by atoms with Crippen molar-refractivity contribution < 1.29 is 9.72 Å². The minimum atomic E-state index is -0.485. The largest absolute Gasteiger partial charge is 0.322 e. The summed E-state index contributed by atoms with van der Waals surface area (Å²) < 4.78 is 0. The molecule has 0 aliphatic rings. The van der Waals surface area contributed by atoms with E-state index >= 15 is 0 Å². The van der Waals surface area contributed by atoms with Crippen molar-refractivity contribution in [1.82, 2.24) is 9.97 Å². The van der Waals surface area contributed by atoms with Crippen LogP contribution in [0.5, 0.6) is 0 Å². The molecule has 136 valence electrons. The number of para-hydroxylation sites is 1. The van der Waals surface area contributed by atoms with Crippen LogP contribution in [0, 0.1) is 10.1 Å². The minimum absolute atomic E-state index is 0.0362. The van der Waals surface area contributed by atoms with E-state index in [1.807, 2.05) is 36.4 Å². The lowest BCUT2D eigenvalue weighted by Crippen LogP contribution is -2.13. The van der Waals surface area contributed by atoms with Crippen molar-refractivity contribution in [3.8, 4) is 11.3 Å². The normalized spacial score (nSPS) is 10.6. The summed E-state index contributed by atoms with van der Waals surface area (Å²) >= 11 is 0. The maximum atomic E-state index is 12.9. The molecular weight excluding hydrogens is 356 g/mol. The van der Waals surface area contributed by atoms with Crippen LogP contribution in [0.2, 0.25) is 0 Å². The summed E-state index contributed by atoms with van der Waals surface area (Å²) in [6.07, 6.45) is 1.47. The van der Waals surface area contributed by atoms with E-state index in [0.717, 1.165) is 10.9 Å². The van der Waals surface area contributed by atoms with Gasteiger partial charge in [-0.25, -0.2) is 9.97 Å². The first-order valence-corrected chi connectivity index (χ1v) is 8.48. The van der Waals surface area contributed by atoms with Gasteiger partial charge in [0.25, 0.3) is 11.6 Å². The maximum absolute atomic E-state index is 12.9. The molecule has 0 atom stereocenters. The van der Waals surface area contributed by atoms with Gasteiger partial charge in [-0.15, -0.1) is 0 Å². The summed E-state index contributed by atoms with van der Waals surface area (Å²) in [5, 5.41) is 14.4. The van der Waals surface area contributed by atoms with Gasteiger partial charge in [-0.1, -0.05) is 36.4 Å². The molecule has 4 rings (SSSR count). The Kier molecular flexibility index (Phi) is 4.47. The second-order valence-electron chi connectivity index (χ2n) is 6.04. The van der Waals surface area contributed by atoms with Crippen LogP contribution in [0.3, 0.4) is 0 Å². The molecule has 0 spiro atoms. The van der Waals surface area contributed by atoms with Crippen LogP contribution >= 0.6 is 0 Å². The lowest BCUT2D eigenvalue weighted by molar-refractivity contribution is -0.384. The number of nitrogens with one attached hydrogen (secondary N) is 1. The Morgan fingerprint density at radius 2 is 1.61 bits per heavy atom. The van der Waals surface area contributed by atoms with Crippen LogP contribution in [0.1, 0.15) is 10.4 Å². The fourth-order valence-corrected chi connectivity index (χ4v) is 2.97. The van der Waals surface area contributed by atoms with Crippen LogP contribution < -0.4 is 5.32 Å². The van der Waals surface area contributed by atoms with Gasteiger partial charge in [-0.3, -0.25) is 14.9 Å². The van der Waals surface area contributed by atoms with E-state index in [2.05, 4.69) is 15.3 Å². The summed E-state index contributed by atoms with van der Waals surface area (Å²) in [6.45, 7) is 0. The number of rotatable bonds is 4. The molecule has 0 bridgehead atoms. The number of hydrogen-bond donors (Lipinski definition) is 1. The Labute approximate surface area is 159 Å². The number of aromatic nitrogens is 2. The number of amides is 1. The van der Waals surface area contributed by atoms with Crippen molar-refractivity contribution >= 4 is 28.2 Å². The molecule has 7 nitrogen and oxygen atoms in total. The molecule has 0 aliphatic carbocycles. The quantitative estimate of drug-likeness (QED) is 0.422. The third-order valence-electron chi connectivity index (χ3n) is 4.31. The summed E-state index contributed by atoms with van der Waals surface area (Å²) in [5.41, 5.74) is 3.02. The summed E-state index contributed by atoms with van der Waals surface area (Å²) in [5.74, 6) is -0.327. The van der Waals surface area contributed by atoms with Gasteiger partial charge in [0.05, 0.1) is 16.1 Å². The molecule has 1 heterocycles. The Hall–Kier alpha value is -4.13. The van der Waals surface area contributed by atoms with Crippen molar-refractivity contribution in [1.29, 1.82) is 0 Å². The van der Waals surface area contributed by atoms with Gasteiger partial charge in [0.2, 0.25) is 0 Å². The second kappa shape index (κ2) is 7.24. The molecule has 0 radical (unpaired) electrons. The maximum Gasteiger partial charge on any atom is 0.269 e. The highest BCUT2D eigenvalue weighted by molar-refractivity contribution is 6.10. The fraction of sp³-hybridized carbons (Fsp3) is 0. The van der Waals surface area contributed by atoms with E-state index in [4.69, 9.17) is 0 Å². The number of fused-ring (bicyclic) bond motifs is 1. The van der Waals surface area contributed by atoms with Gasteiger partial charge < -0.3 is 5.32 Å². The summed E-state index contributed by atoms with van der Waals surface area (Å²) in [4.78, 5) is 31.8. The number of carbonyl (C=O) groups is 1. The van der Waals surface area contributed by atoms with Crippen molar-refractivity contribution in [2.75, 3.05) is 5.32 Å². The van der Waals surface area contributed by atoms with Crippen molar-refractivity contribution in [2.45, 2.75) is 0 Å². The van der Waals surface area contributed by atoms with Gasteiger partial charge in [0.1, 0.15) is 6.33 Å². The number of carbonyl (C=O) groups excluding carboxylic acids is 1. The van der Waals surface area contributed by atoms with E-state index < -0.39 is 4.92 Å². The van der Waals surface area contributed by atoms with Crippen molar-refractivity contribution in [3.63, 3.8) is 0 Å². The highest BCUT2D eigenvalue weighted by Crippen LogP contribution is 2.28. The Balaban J connectivity index is 1.71. The molecular formula is C21H14N4O3. The van der Waals surface area contributed by atoms with Gasteiger partial charge >= 0.3 is 0 Å². The number of hydrogen-bond acceptors (Lipinski definition) is 5. The highest BCUT2D eigenvalue weighted by atomic mass is 16.6. The number of benzene rings is 3. The van der Waals surface area contributed by atoms with Crippen molar-refractivity contribution in [2.24, 2.45) is 0 Å². The summed E-state index contributed by atoms with van der Waals surface area (Å²) in [7, 11) is 0. The predicted octanol–water partition coefficient (Wildman–Crippen LogP) is 4.46. The predicted molar refractivity (Wildman–Crippen MR) is 106 cm³/mol. The molecule has 3 aromatic carbocycles. The Morgan fingerprint density at radius 1 is 0.893 bits per heavy atom. The molecule has 0 fully saturated rings. The molecule has 0 unspecified atom stereocenters. The first kappa shape index (κ1) is 17.3. The lowest BCUT2D eigenvalue weighted by Gasteiger charge is -2.11. The van der Waals surface area contributed by atoms with Crippen molar-refractivity contribution in [3.05, 3.63) is 94.8 Å². The van der Waals surface area contributed by atoms with Gasteiger partial charge in [0.15, 0.2) is 0 Å². The van der Waals surface area contributed by atoms with Gasteiger partial charge in [-0.05, 0) is 24.3 Å². The number of nitro groups is 1. The van der Waals surface area contributed by atoms with Gasteiger partial charge in [0, 0.05) is 34.3 Å². The minimum Gasteiger partial charge on any atom is -0.322 e. The van der Waals surface area contributed by atoms with Crippen LogP contribution in [0.4, 0.5) is 11.4 Å². The van der Waals surface area contributed by atoms with E-state index in [-0.39, 0.29) is 11.6 Å². The second-order valence-corrected chi connectivity index (χ2v) is 6.04. The molecule has 1 aromatic heterocycles. The SMILES string of the molecule is O=C(Nc1ccc([N+](=O)[O-])cc1)c1ccccc1-c1ncnc2ccccc12. The third-order valence-corrected chi connectivity index (χ3v) is 4.31. The highest BCUT2D eigenvalue weighted by Gasteiger charge is 2.16. The molecule has 28 heavy (non-hydrogen) atoms. The zero-order valence-electron chi connectivity index (χ0n) is 14.6. The standard InChI is InChI=1S/C21H14N4O3/c26-21(24-14-9-11-15(12-10-14)25(27)28)17-6-2-1-5-16(17)20-18-7-3-4-8-19(18)22-13-23-20/h1-13H,(H,24,26). The first-order valence-electron chi connectivity index (χ1n) is 8.48. The molecule has 0 saturated carbocycles. The fourth-order valence-electron chi connectivity index (χ4n) is 2.97. The topological polar surface area (TPSA) is 98.0 Å². The van der Waals surface area contributed by atoms with Gasteiger partial charge in [-0.2, -0.15) is 0 Å². The molecule has 1 N–H and O–H groups in total. The van der Waals surface area contributed by atoms with E-state index in [0.29, 0.717) is 22.5 Å². The number of nitrogens with zero attached hydrogens (tertiary/aromatic N) is 3. The summed E-state index contributed by atoms with van der Waals surface area (Å²) in [6, 6.07) is 20.5. The molecule has 4 aromatic rings. The molecule has 1 amide bonds. The van der Waals surface area contributed by atoms with E-state index in [1.165, 1.54) is 30.6 Å². The van der Waals surface area contributed by atoms with Crippen LogP contribution in [-0.4, -0.2) is 20.8 Å². The number of non-ortho nitro benzene ring substituents is 1. The Bertz CT molecular complexity index is 1180. The van der Waals surface area contributed by atoms with E-state index in [1.54, 1.807) is 12.1 Å². The van der Waals surface area contributed by atoms with Crippen LogP contribution in [-0.2, 0) is 0 Å². The van der Waals surface area contributed by atoms with E-state index in [9.17, 15) is 14.9 Å². The third kappa shape index (κ3) is 3.28. The zero-order valence-corrected chi connectivity index (χ0v) is 14.6. The number of anilines is 1. The van der Waals surface area contributed by atoms with Crippen LogP contribution in [0.15, 0.2) is 79.1 Å². The molecule has 7 heteroatoms. The average Bonchev–Trinajstić information content (AvgIpc) is 2.73. The smallest absolute Gasteiger partial charge is 0.269 e. The Morgan fingerprint density at radius 3 is 2.39 bits per heavy atom. The molecule has 0 aliphatic heterocycles. The monoisotopic (exact) mass is 370 g/mol.